The van der Waals surface area contributed by atoms with Gasteiger partial charge in [0.2, 0.25) is 5.28 Å². The predicted molar refractivity (Wildman–Crippen MR) is 57.5 cm³/mol. The number of anilines is 1. The Hall–Kier alpha value is -0.830. The SMILES string of the molecule is CCCC1CC1Nc1ccnc(Cl)n1. The lowest BCUT2D eigenvalue weighted by atomic mass is 10.2. The molecule has 3 nitrogen and oxygen atoms in total. The zero-order chi connectivity index (χ0) is 9.97. The van der Waals surface area contributed by atoms with Crippen molar-refractivity contribution >= 4 is 17.4 Å². The normalized spacial score (nSPS) is 24.7. The number of nitrogens with zero attached hydrogens (tertiary/aromatic N) is 2. The lowest BCUT2D eigenvalue weighted by Crippen LogP contribution is -2.06. The summed E-state index contributed by atoms with van der Waals surface area (Å²) in [7, 11) is 0. The number of aromatic nitrogens is 2. The largest absolute Gasteiger partial charge is 0.367 e. The predicted octanol–water partition coefficient (Wildman–Crippen LogP) is 2.73. The number of nitrogens with one attached hydrogen (secondary N) is 1. The maximum atomic E-state index is 5.68. The topological polar surface area (TPSA) is 37.8 Å². The van der Waals surface area contributed by atoms with Gasteiger partial charge in [-0.05, 0) is 36.4 Å². The van der Waals surface area contributed by atoms with Gasteiger partial charge in [-0.3, -0.25) is 0 Å². The van der Waals surface area contributed by atoms with Crippen molar-refractivity contribution < 1.29 is 0 Å². The monoisotopic (exact) mass is 211 g/mol. The van der Waals surface area contributed by atoms with E-state index in [0.717, 1.165) is 11.7 Å². The maximum Gasteiger partial charge on any atom is 0.224 e. The molecule has 1 aliphatic carbocycles. The highest BCUT2D eigenvalue weighted by molar-refractivity contribution is 6.28. The Balaban J connectivity index is 1.87. The molecule has 0 aromatic carbocycles. The highest BCUT2D eigenvalue weighted by atomic mass is 35.5. The van der Waals surface area contributed by atoms with Gasteiger partial charge >= 0.3 is 0 Å². The summed E-state index contributed by atoms with van der Waals surface area (Å²) in [6.07, 6.45) is 5.49. The van der Waals surface area contributed by atoms with Crippen molar-refractivity contribution in [2.45, 2.75) is 32.2 Å². The molecule has 0 saturated heterocycles. The van der Waals surface area contributed by atoms with Gasteiger partial charge in [-0.2, -0.15) is 0 Å². The summed E-state index contributed by atoms with van der Waals surface area (Å²) in [6, 6.07) is 2.45. The van der Waals surface area contributed by atoms with Gasteiger partial charge in [-0.25, -0.2) is 9.97 Å². The molecule has 2 rings (SSSR count). The van der Waals surface area contributed by atoms with E-state index in [1.807, 2.05) is 6.07 Å². The van der Waals surface area contributed by atoms with Crippen molar-refractivity contribution in [1.82, 2.24) is 9.97 Å². The Kier molecular flexibility index (Phi) is 2.87. The standard InChI is InChI=1S/C10H14ClN3/c1-2-3-7-6-8(7)13-9-4-5-12-10(11)14-9/h4-5,7-8H,2-3,6H2,1H3,(H,12,13,14). The Bertz CT molecular complexity index is 316. The third-order valence-corrected chi connectivity index (χ3v) is 2.72. The van der Waals surface area contributed by atoms with Gasteiger partial charge in [0.05, 0.1) is 0 Å². The Labute approximate surface area is 88.9 Å². The zero-order valence-electron chi connectivity index (χ0n) is 8.20. The van der Waals surface area contributed by atoms with Crippen LogP contribution < -0.4 is 5.32 Å². The van der Waals surface area contributed by atoms with E-state index in [1.165, 1.54) is 19.3 Å². The first-order valence-electron chi connectivity index (χ1n) is 5.04. The van der Waals surface area contributed by atoms with Crippen LogP contribution in [-0.4, -0.2) is 16.0 Å². The fourth-order valence-electron chi connectivity index (χ4n) is 1.72. The van der Waals surface area contributed by atoms with Crippen LogP contribution in [0.3, 0.4) is 0 Å². The van der Waals surface area contributed by atoms with Crippen molar-refractivity contribution in [2.75, 3.05) is 5.32 Å². The zero-order valence-corrected chi connectivity index (χ0v) is 8.96. The van der Waals surface area contributed by atoms with Crippen molar-refractivity contribution in [3.05, 3.63) is 17.5 Å². The van der Waals surface area contributed by atoms with E-state index in [9.17, 15) is 0 Å². The molecule has 1 aromatic rings. The number of halogens is 1. The summed E-state index contributed by atoms with van der Waals surface area (Å²) in [4.78, 5) is 7.93. The molecule has 1 fully saturated rings. The summed E-state index contributed by atoms with van der Waals surface area (Å²) in [5.41, 5.74) is 0. The molecule has 0 radical (unpaired) electrons. The molecule has 0 spiro atoms. The molecule has 14 heavy (non-hydrogen) atoms. The molecular formula is C10H14ClN3. The minimum Gasteiger partial charge on any atom is -0.367 e. The molecule has 1 aliphatic rings. The lowest BCUT2D eigenvalue weighted by molar-refractivity contribution is 0.692. The Morgan fingerprint density at radius 2 is 2.50 bits per heavy atom. The van der Waals surface area contributed by atoms with Crippen LogP contribution in [0.5, 0.6) is 0 Å². The van der Waals surface area contributed by atoms with Crippen molar-refractivity contribution in [1.29, 1.82) is 0 Å². The number of hydrogen-bond donors (Lipinski definition) is 1. The van der Waals surface area contributed by atoms with Gasteiger partial charge in [-0.1, -0.05) is 13.3 Å². The minimum absolute atomic E-state index is 0.308. The molecule has 0 amide bonds. The van der Waals surface area contributed by atoms with Crippen LogP contribution in [0.25, 0.3) is 0 Å². The van der Waals surface area contributed by atoms with Gasteiger partial charge in [0.1, 0.15) is 5.82 Å². The van der Waals surface area contributed by atoms with E-state index < -0.39 is 0 Å². The summed E-state index contributed by atoms with van der Waals surface area (Å²) >= 11 is 5.68. The average Bonchev–Trinajstić information content (AvgIpc) is 2.84. The van der Waals surface area contributed by atoms with Crippen LogP contribution in [0, 0.1) is 5.92 Å². The van der Waals surface area contributed by atoms with E-state index in [-0.39, 0.29) is 0 Å². The van der Waals surface area contributed by atoms with Crippen LogP contribution in [0.2, 0.25) is 5.28 Å². The van der Waals surface area contributed by atoms with Gasteiger partial charge < -0.3 is 5.32 Å². The van der Waals surface area contributed by atoms with Crippen LogP contribution in [0.4, 0.5) is 5.82 Å². The quantitative estimate of drug-likeness (QED) is 0.779. The third kappa shape index (κ3) is 2.35. The van der Waals surface area contributed by atoms with Crippen LogP contribution in [-0.2, 0) is 0 Å². The fourth-order valence-corrected chi connectivity index (χ4v) is 1.87. The van der Waals surface area contributed by atoms with Gasteiger partial charge in [0.25, 0.3) is 0 Å². The molecule has 0 aliphatic heterocycles. The Morgan fingerprint density at radius 1 is 1.64 bits per heavy atom. The molecule has 2 unspecified atom stereocenters. The molecule has 76 valence electrons. The van der Waals surface area contributed by atoms with Crippen molar-refractivity contribution in [3.8, 4) is 0 Å². The second-order valence-corrected chi connectivity index (χ2v) is 4.08. The summed E-state index contributed by atoms with van der Waals surface area (Å²) < 4.78 is 0. The molecule has 1 saturated carbocycles. The van der Waals surface area contributed by atoms with E-state index in [2.05, 4.69) is 22.2 Å². The van der Waals surface area contributed by atoms with Gasteiger partial charge in [0, 0.05) is 12.2 Å². The third-order valence-electron chi connectivity index (χ3n) is 2.54. The highest BCUT2D eigenvalue weighted by Crippen LogP contribution is 2.36. The molecule has 1 heterocycles. The maximum absolute atomic E-state index is 5.68. The smallest absolute Gasteiger partial charge is 0.224 e. The summed E-state index contributed by atoms with van der Waals surface area (Å²) in [5.74, 6) is 1.67. The molecule has 2 atom stereocenters. The summed E-state index contributed by atoms with van der Waals surface area (Å²) in [6.45, 7) is 2.22. The second kappa shape index (κ2) is 4.13. The first kappa shape index (κ1) is 9.71. The first-order chi connectivity index (χ1) is 6.79. The van der Waals surface area contributed by atoms with Crippen molar-refractivity contribution in [2.24, 2.45) is 5.92 Å². The molecular weight excluding hydrogens is 198 g/mol. The Morgan fingerprint density at radius 3 is 3.21 bits per heavy atom. The highest BCUT2D eigenvalue weighted by Gasteiger charge is 2.36. The van der Waals surface area contributed by atoms with E-state index in [4.69, 9.17) is 11.6 Å². The van der Waals surface area contributed by atoms with E-state index in [0.29, 0.717) is 11.3 Å². The molecule has 1 N–H and O–H groups in total. The molecule has 0 bridgehead atoms. The van der Waals surface area contributed by atoms with E-state index in [1.54, 1.807) is 6.20 Å². The fraction of sp³-hybridized carbons (Fsp3) is 0.600. The summed E-state index contributed by atoms with van der Waals surface area (Å²) in [5, 5.41) is 3.66. The van der Waals surface area contributed by atoms with Crippen LogP contribution >= 0.6 is 11.6 Å². The van der Waals surface area contributed by atoms with Crippen LogP contribution in [0.15, 0.2) is 12.3 Å². The minimum atomic E-state index is 0.308. The van der Waals surface area contributed by atoms with Crippen LogP contribution in [0.1, 0.15) is 26.2 Å². The lowest BCUT2D eigenvalue weighted by Gasteiger charge is -2.03. The molecule has 4 heteroatoms. The van der Waals surface area contributed by atoms with Gasteiger partial charge in [0.15, 0.2) is 0 Å². The molecule has 1 aromatic heterocycles. The first-order valence-corrected chi connectivity index (χ1v) is 5.42. The van der Waals surface area contributed by atoms with E-state index >= 15 is 0 Å². The number of rotatable bonds is 4. The second-order valence-electron chi connectivity index (χ2n) is 3.75. The van der Waals surface area contributed by atoms with Gasteiger partial charge in [-0.15, -0.1) is 0 Å². The number of hydrogen-bond acceptors (Lipinski definition) is 3. The van der Waals surface area contributed by atoms with Crippen molar-refractivity contribution in [3.63, 3.8) is 0 Å². The average molecular weight is 212 g/mol.